The zero-order valence-corrected chi connectivity index (χ0v) is 17.5. The fraction of sp³-hybridized carbons (Fsp3) is 0.136. The predicted molar refractivity (Wildman–Crippen MR) is 116 cm³/mol. The summed E-state index contributed by atoms with van der Waals surface area (Å²) in [6, 6.07) is 23.9. The maximum Gasteiger partial charge on any atom is 0.307 e. The molecule has 0 spiro atoms. The van der Waals surface area contributed by atoms with Crippen molar-refractivity contribution < 1.29 is 8.42 Å². The molecular weight excluding hydrogens is 404 g/mol. The van der Waals surface area contributed by atoms with Crippen LogP contribution in [0.5, 0.6) is 0 Å². The molecule has 148 valence electrons. The minimum absolute atomic E-state index is 0.111. The van der Waals surface area contributed by atoms with Crippen molar-refractivity contribution in [1.29, 1.82) is 0 Å². The van der Waals surface area contributed by atoms with E-state index in [1.165, 1.54) is 8.87 Å². The number of hydrogen-bond donors (Lipinski definition) is 0. The Bertz CT molecular complexity index is 1250. The Morgan fingerprint density at radius 3 is 1.97 bits per heavy atom. The molecule has 0 fully saturated rings. The molecule has 1 heterocycles. The van der Waals surface area contributed by atoms with Crippen LogP contribution in [0.4, 0.5) is 0 Å². The predicted octanol–water partition coefficient (Wildman–Crippen LogP) is 3.99. The van der Waals surface area contributed by atoms with E-state index in [1.807, 2.05) is 60.7 Å². The summed E-state index contributed by atoms with van der Waals surface area (Å²) >= 11 is 1.05. The molecule has 4 aromatic rings. The first-order chi connectivity index (χ1) is 13.9. The first kappa shape index (κ1) is 19.6. The fourth-order valence-corrected chi connectivity index (χ4v) is 5.66. The van der Waals surface area contributed by atoms with Crippen molar-refractivity contribution in [3.8, 4) is 0 Å². The highest BCUT2D eigenvalue weighted by atomic mass is 32.2. The number of fused-ring (bicyclic) bond motifs is 1. The number of benzene rings is 3. The maximum atomic E-state index is 13.5. The number of aromatic nitrogens is 1. The summed E-state index contributed by atoms with van der Waals surface area (Å²) < 4.78 is 30.7. The van der Waals surface area contributed by atoms with E-state index in [1.54, 1.807) is 25.2 Å². The van der Waals surface area contributed by atoms with E-state index in [9.17, 15) is 13.2 Å². The normalized spacial score (nSPS) is 11.9. The van der Waals surface area contributed by atoms with Crippen LogP contribution in [0.25, 0.3) is 10.2 Å². The van der Waals surface area contributed by atoms with Gasteiger partial charge in [-0.3, -0.25) is 4.79 Å². The molecule has 29 heavy (non-hydrogen) atoms. The largest absolute Gasteiger partial charge is 0.307 e. The van der Waals surface area contributed by atoms with Crippen LogP contribution in [0.2, 0.25) is 0 Å². The van der Waals surface area contributed by atoms with Crippen LogP contribution in [0.15, 0.2) is 88.6 Å². The Morgan fingerprint density at radius 1 is 0.862 bits per heavy atom. The van der Waals surface area contributed by atoms with E-state index in [-0.39, 0.29) is 22.9 Å². The topological polar surface area (TPSA) is 59.4 Å². The molecule has 0 aliphatic heterocycles. The second-order valence-corrected chi connectivity index (χ2v) is 9.73. The smallest absolute Gasteiger partial charge is 0.302 e. The van der Waals surface area contributed by atoms with E-state index in [4.69, 9.17) is 0 Å². The Kier molecular flexibility index (Phi) is 5.36. The molecule has 4 rings (SSSR count). The highest BCUT2D eigenvalue weighted by molar-refractivity contribution is 7.89. The van der Waals surface area contributed by atoms with Gasteiger partial charge >= 0.3 is 4.87 Å². The minimum Gasteiger partial charge on any atom is -0.302 e. The number of hydrogen-bond acceptors (Lipinski definition) is 4. The summed E-state index contributed by atoms with van der Waals surface area (Å²) in [5.41, 5.74) is 2.56. The molecule has 0 saturated heterocycles. The molecule has 0 N–H and O–H groups in total. The minimum atomic E-state index is -3.76. The average molecular weight is 425 g/mol. The van der Waals surface area contributed by atoms with Gasteiger partial charge in [-0.05, 0) is 29.3 Å². The van der Waals surface area contributed by atoms with Gasteiger partial charge in [-0.25, -0.2) is 8.42 Å². The Morgan fingerprint density at radius 2 is 1.41 bits per heavy atom. The SMILES string of the molecule is Cn1c(=O)sc2cc(S(=O)(=O)N(Cc3ccccc3)Cc3ccccc3)ccc21. The van der Waals surface area contributed by atoms with Gasteiger partial charge in [-0.2, -0.15) is 4.31 Å². The van der Waals surface area contributed by atoms with Gasteiger partial charge < -0.3 is 4.57 Å². The summed E-state index contributed by atoms with van der Waals surface area (Å²) in [5, 5.41) is 0. The van der Waals surface area contributed by atoms with Crippen LogP contribution in [-0.2, 0) is 30.2 Å². The third-order valence-electron chi connectivity index (χ3n) is 4.81. The molecule has 0 amide bonds. The first-order valence-corrected chi connectivity index (χ1v) is 11.4. The van der Waals surface area contributed by atoms with E-state index in [2.05, 4.69) is 0 Å². The molecule has 0 aliphatic carbocycles. The molecule has 5 nitrogen and oxygen atoms in total. The van der Waals surface area contributed by atoms with Crippen LogP contribution in [0, 0.1) is 0 Å². The van der Waals surface area contributed by atoms with Crippen LogP contribution >= 0.6 is 11.3 Å². The van der Waals surface area contributed by atoms with Gasteiger partial charge in [0.15, 0.2) is 0 Å². The zero-order chi connectivity index (χ0) is 20.4. The van der Waals surface area contributed by atoms with Gasteiger partial charge in [0.1, 0.15) is 0 Å². The maximum absolute atomic E-state index is 13.5. The highest BCUT2D eigenvalue weighted by Crippen LogP contribution is 2.26. The third kappa shape index (κ3) is 4.03. The van der Waals surface area contributed by atoms with Crippen molar-refractivity contribution >= 4 is 31.6 Å². The van der Waals surface area contributed by atoms with E-state index < -0.39 is 10.0 Å². The van der Waals surface area contributed by atoms with Crippen LogP contribution in [0.1, 0.15) is 11.1 Å². The average Bonchev–Trinajstić information content (AvgIpc) is 3.02. The van der Waals surface area contributed by atoms with Crippen molar-refractivity contribution in [3.63, 3.8) is 0 Å². The number of sulfonamides is 1. The summed E-state index contributed by atoms with van der Waals surface area (Å²) in [6.45, 7) is 0.530. The van der Waals surface area contributed by atoms with Gasteiger partial charge in [-0.15, -0.1) is 0 Å². The lowest BCUT2D eigenvalue weighted by Gasteiger charge is -2.22. The fourth-order valence-electron chi connectivity index (χ4n) is 3.22. The lowest BCUT2D eigenvalue weighted by atomic mass is 10.2. The zero-order valence-electron chi connectivity index (χ0n) is 15.9. The van der Waals surface area contributed by atoms with Crippen molar-refractivity contribution in [2.75, 3.05) is 0 Å². The third-order valence-corrected chi connectivity index (χ3v) is 7.59. The van der Waals surface area contributed by atoms with E-state index >= 15 is 0 Å². The van der Waals surface area contributed by atoms with E-state index in [0.29, 0.717) is 4.70 Å². The van der Waals surface area contributed by atoms with Gasteiger partial charge in [0.05, 0.1) is 15.1 Å². The van der Waals surface area contributed by atoms with Crippen molar-refractivity contribution in [2.24, 2.45) is 7.05 Å². The summed E-state index contributed by atoms with van der Waals surface area (Å²) in [6.07, 6.45) is 0. The summed E-state index contributed by atoms with van der Waals surface area (Å²) in [4.78, 5) is 12.0. The molecule has 0 saturated carbocycles. The highest BCUT2D eigenvalue weighted by Gasteiger charge is 2.26. The van der Waals surface area contributed by atoms with E-state index in [0.717, 1.165) is 28.0 Å². The second kappa shape index (κ2) is 7.94. The van der Waals surface area contributed by atoms with Crippen molar-refractivity contribution in [2.45, 2.75) is 18.0 Å². The van der Waals surface area contributed by atoms with Crippen LogP contribution in [-0.4, -0.2) is 17.3 Å². The van der Waals surface area contributed by atoms with Crippen molar-refractivity contribution in [3.05, 3.63) is 99.7 Å². The second-order valence-electron chi connectivity index (χ2n) is 6.80. The molecule has 1 aromatic heterocycles. The van der Waals surface area contributed by atoms with Gasteiger partial charge in [0.2, 0.25) is 10.0 Å². The van der Waals surface area contributed by atoms with Crippen LogP contribution in [0.3, 0.4) is 0 Å². The summed E-state index contributed by atoms with van der Waals surface area (Å²) in [7, 11) is -2.08. The summed E-state index contributed by atoms with van der Waals surface area (Å²) in [5.74, 6) is 0. The monoisotopic (exact) mass is 424 g/mol. The van der Waals surface area contributed by atoms with Gasteiger partial charge in [0.25, 0.3) is 0 Å². The number of thiazole rings is 1. The number of rotatable bonds is 6. The molecule has 0 atom stereocenters. The Balaban J connectivity index is 1.76. The van der Waals surface area contributed by atoms with Gasteiger partial charge in [0, 0.05) is 20.1 Å². The Hall–Kier alpha value is -2.74. The lowest BCUT2D eigenvalue weighted by Crippen LogP contribution is -2.30. The number of aryl methyl sites for hydroxylation is 1. The van der Waals surface area contributed by atoms with Crippen molar-refractivity contribution in [1.82, 2.24) is 8.87 Å². The molecule has 3 aromatic carbocycles. The standard InChI is InChI=1S/C22H20N2O3S2/c1-23-20-13-12-19(14-21(20)28-22(23)25)29(26,27)24(15-17-8-4-2-5-9-17)16-18-10-6-3-7-11-18/h2-14H,15-16H2,1H3. The Labute approximate surface area is 173 Å². The molecule has 0 radical (unpaired) electrons. The van der Waals surface area contributed by atoms with Crippen LogP contribution < -0.4 is 4.87 Å². The van der Waals surface area contributed by atoms with Gasteiger partial charge in [-0.1, -0.05) is 72.0 Å². The molecule has 0 bridgehead atoms. The quantitative estimate of drug-likeness (QED) is 0.470. The number of nitrogens with zero attached hydrogens (tertiary/aromatic N) is 2. The lowest BCUT2D eigenvalue weighted by molar-refractivity contribution is 0.401. The molecular formula is C22H20N2O3S2. The molecule has 7 heteroatoms. The first-order valence-electron chi connectivity index (χ1n) is 9.13. The molecule has 0 unspecified atom stereocenters. The molecule has 0 aliphatic rings.